The van der Waals surface area contributed by atoms with E-state index in [9.17, 15) is 15.2 Å². The van der Waals surface area contributed by atoms with Gasteiger partial charge in [-0.25, -0.2) is 0 Å². The minimum absolute atomic E-state index is 0.326. The zero-order valence-electron chi connectivity index (χ0n) is 7.80. The average molecular weight is 204 g/mol. The van der Waals surface area contributed by atoms with Crippen LogP contribution in [0.1, 0.15) is 18.4 Å². The van der Waals surface area contributed by atoms with Crippen molar-refractivity contribution in [2.75, 3.05) is 0 Å². The summed E-state index contributed by atoms with van der Waals surface area (Å²) in [5, 5.41) is 28.8. The number of phenols is 1. The topological polar surface area (TPSA) is 87.2 Å². The van der Waals surface area contributed by atoms with Crippen molar-refractivity contribution in [2.24, 2.45) is 0 Å². The van der Waals surface area contributed by atoms with E-state index in [-0.39, 0.29) is 11.4 Å². The highest BCUT2D eigenvalue weighted by atomic mass is 16.6. The van der Waals surface area contributed by atoms with Crippen molar-refractivity contribution >= 4 is 5.69 Å². The molecule has 0 heterocycles. The molecule has 1 aliphatic rings. The molecule has 1 aliphatic carbocycles. The molecule has 5 heteroatoms. The maximum absolute atomic E-state index is 10.4. The van der Waals surface area contributed by atoms with Gasteiger partial charge < -0.3 is 5.11 Å². The Labute approximate surface area is 85.7 Å². The zero-order chi connectivity index (χ0) is 11.1. The summed E-state index contributed by atoms with van der Waals surface area (Å²) in [5.74, 6) is -0.376. The second kappa shape index (κ2) is 2.95. The number of hydrogen-bond donors (Lipinski definition) is 1. The van der Waals surface area contributed by atoms with Crippen LogP contribution in [-0.2, 0) is 5.41 Å². The third-order valence-electron chi connectivity index (χ3n) is 2.69. The van der Waals surface area contributed by atoms with E-state index in [4.69, 9.17) is 5.26 Å². The first kappa shape index (κ1) is 9.46. The van der Waals surface area contributed by atoms with Crippen LogP contribution in [0.5, 0.6) is 5.75 Å². The first-order valence-corrected chi connectivity index (χ1v) is 4.48. The van der Waals surface area contributed by atoms with E-state index in [0.29, 0.717) is 5.56 Å². The van der Waals surface area contributed by atoms with E-state index in [0.717, 1.165) is 12.8 Å². The van der Waals surface area contributed by atoms with Crippen LogP contribution >= 0.6 is 0 Å². The first-order valence-electron chi connectivity index (χ1n) is 4.48. The molecule has 0 aliphatic heterocycles. The molecule has 1 saturated carbocycles. The van der Waals surface area contributed by atoms with E-state index >= 15 is 0 Å². The lowest BCUT2D eigenvalue weighted by Gasteiger charge is -2.05. The Morgan fingerprint density at radius 1 is 1.53 bits per heavy atom. The molecule has 0 bridgehead atoms. The van der Waals surface area contributed by atoms with Crippen LogP contribution < -0.4 is 0 Å². The molecule has 0 saturated heterocycles. The molecule has 1 aromatic rings. The lowest BCUT2D eigenvalue weighted by Crippen LogP contribution is -2.02. The van der Waals surface area contributed by atoms with Gasteiger partial charge in [-0.2, -0.15) is 5.26 Å². The largest absolute Gasteiger partial charge is 0.502 e. The highest BCUT2D eigenvalue weighted by Gasteiger charge is 2.45. The van der Waals surface area contributed by atoms with Gasteiger partial charge in [-0.05, 0) is 24.5 Å². The number of aromatic hydroxyl groups is 1. The van der Waals surface area contributed by atoms with Crippen molar-refractivity contribution in [1.29, 1.82) is 5.26 Å². The van der Waals surface area contributed by atoms with Crippen LogP contribution in [0.4, 0.5) is 5.69 Å². The van der Waals surface area contributed by atoms with Gasteiger partial charge >= 0.3 is 5.69 Å². The zero-order valence-corrected chi connectivity index (χ0v) is 7.80. The summed E-state index contributed by atoms with van der Waals surface area (Å²) in [5.41, 5.74) is -0.187. The van der Waals surface area contributed by atoms with Crippen LogP contribution in [-0.4, -0.2) is 10.0 Å². The number of benzene rings is 1. The fourth-order valence-corrected chi connectivity index (χ4v) is 1.57. The van der Waals surface area contributed by atoms with Crippen molar-refractivity contribution in [3.8, 4) is 11.8 Å². The molecule has 0 atom stereocenters. The predicted octanol–water partition coefficient (Wildman–Crippen LogP) is 1.86. The maximum atomic E-state index is 10.4. The molecule has 2 rings (SSSR count). The van der Waals surface area contributed by atoms with Crippen LogP contribution in [0.3, 0.4) is 0 Å². The summed E-state index contributed by atoms with van der Waals surface area (Å²) in [6.45, 7) is 0. The third kappa shape index (κ3) is 1.40. The van der Waals surface area contributed by atoms with Crippen molar-refractivity contribution < 1.29 is 10.0 Å². The monoisotopic (exact) mass is 204 g/mol. The van der Waals surface area contributed by atoms with Gasteiger partial charge in [0.25, 0.3) is 0 Å². The second-order valence-corrected chi connectivity index (χ2v) is 3.65. The number of nitro benzene ring substituents is 1. The van der Waals surface area contributed by atoms with Gasteiger partial charge in [-0.1, -0.05) is 6.07 Å². The first-order chi connectivity index (χ1) is 7.09. The lowest BCUT2D eigenvalue weighted by atomic mass is 9.97. The number of nitriles is 1. The Morgan fingerprint density at radius 2 is 2.20 bits per heavy atom. The highest BCUT2D eigenvalue weighted by molar-refractivity contribution is 5.52. The minimum Gasteiger partial charge on any atom is -0.502 e. The van der Waals surface area contributed by atoms with Crippen LogP contribution in [0.15, 0.2) is 18.2 Å². The summed E-state index contributed by atoms with van der Waals surface area (Å²) in [7, 11) is 0. The third-order valence-corrected chi connectivity index (χ3v) is 2.69. The molecule has 0 aromatic heterocycles. The molecule has 0 unspecified atom stereocenters. The molecule has 1 aromatic carbocycles. The van der Waals surface area contributed by atoms with Gasteiger partial charge in [0.1, 0.15) is 0 Å². The molecular formula is C10H8N2O3. The Morgan fingerprint density at radius 3 is 2.60 bits per heavy atom. The lowest BCUT2D eigenvalue weighted by molar-refractivity contribution is -0.385. The summed E-state index contributed by atoms with van der Waals surface area (Å²) in [4.78, 5) is 9.80. The smallest absolute Gasteiger partial charge is 0.310 e. The van der Waals surface area contributed by atoms with E-state index in [1.165, 1.54) is 18.2 Å². The summed E-state index contributed by atoms with van der Waals surface area (Å²) < 4.78 is 0. The molecule has 0 spiro atoms. The number of nitro groups is 1. The van der Waals surface area contributed by atoms with Gasteiger partial charge in [0.15, 0.2) is 5.75 Å². The van der Waals surface area contributed by atoms with Crippen LogP contribution in [0.2, 0.25) is 0 Å². The molecule has 0 amide bonds. The van der Waals surface area contributed by atoms with Gasteiger partial charge in [-0.3, -0.25) is 10.1 Å². The van der Waals surface area contributed by atoms with E-state index in [2.05, 4.69) is 6.07 Å². The number of phenolic OH excluding ortho intramolecular Hbond substituents is 1. The van der Waals surface area contributed by atoms with Gasteiger partial charge in [0.2, 0.25) is 0 Å². The second-order valence-electron chi connectivity index (χ2n) is 3.65. The van der Waals surface area contributed by atoms with E-state index in [1.54, 1.807) is 0 Å². The molecular weight excluding hydrogens is 196 g/mol. The number of nitrogens with zero attached hydrogens (tertiary/aromatic N) is 2. The fourth-order valence-electron chi connectivity index (χ4n) is 1.57. The van der Waals surface area contributed by atoms with Crippen LogP contribution in [0, 0.1) is 21.4 Å². The summed E-state index contributed by atoms with van der Waals surface area (Å²) in [6, 6.07) is 6.25. The van der Waals surface area contributed by atoms with Crippen molar-refractivity contribution in [2.45, 2.75) is 18.3 Å². The quantitative estimate of drug-likeness (QED) is 0.588. The highest BCUT2D eigenvalue weighted by Crippen LogP contribution is 2.48. The Bertz CT molecular complexity index is 472. The Kier molecular flexibility index (Phi) is 1.86. The van der Waals surface area contributed by atoms with E-state index < -0.39 is 10.3 Å². The molecule has 0 radical (unpaired) electrons. The SMILES string of the molecule is N#CC1(c2ccc([N+](=O)[O-])c(O)c2)CC1. The van der Waals surface area contributed by atoms with Gasteiger partial charge in [-0.15, -0.1) is 0 Å². The minimum atomic E-state index is -0.648. The number of hydrogen-bond acceptors (Lipinski definition) is 4. The van der Waals surface area contributed by atoms with Crippen LogP contribution in [0.25, 0.3) is 0 Å². The van der Waals surface area contributed by atoms with Gasteiger partial charge in [0, 0.05) is 6.07 Å². The number of rotatable bonds is 2. The molecule has 1 fully saturated rings. The van der Waals surface area contributed by atoms with E-state index in [1.807, 2.05) is 0 Å². The summed E-state index contributed by atoms with van der Waals surface area (Å²) in [6.07, 6.45) is 1.50. The maximum Gasteiger partial charge on any atom is 0.310 e. The van der Waals surface area contributed by atoms with Gasteiger partial charge in [0.05, 0.1) is 16.4 Å². The molecule has 76 valence electrons. The summed E-state index contributed by atoms with van der Waals surface area (Å²) >= 11 is 0. The predicted molar refractivity (Wildman–Crippen MR) is 51.3 cm³/mol. The Hall–Kier alpha value is -2.09. The fraction of sp³-hybridized carbons (Fsp3) is 0.300. The Balaban J connectivity index is 2.43. The van der Waals surface area contributed by atoms with Crippen molar-refractivity contribution in [3.05, 3.63) is 33.9 Å². The molecule has 15 heavy (non-hydrogen) atoms. The van der Waals surface area contributed by atoms with Crippen molar-refractivity contribution in [3.63, 3.8) is 0 Å². The molecule has 5 nitrogen and oxygen atoms in total. The standard InChI is InChI=1S/C10H8N2O3/c11-6-10(3-4-10)7-1-2-8(12(14)15)9(13)5-7/h1-2,5,13H,3-4H2. The average Bonchev–Trinajstić information content (AvgIpc) is 2.97. The molecule has 1 N–H and O–H groups in total. The normalized spacial score (nSPS) is 16.7. The van der Waals surface area contributed by atoms with Crippen molar-refractivity contribution in [1.82, 2.24) is 0 Å².